The van der Waals surface area contributed by atoms with Crippen LogP contribution in [0.3, 0.4) is 0 Å². The van der Waals surface area contributed by atoms with E-state index in [4.69, 9.17) is 0 Å². The SMILES string of the molecule is CCn1c(CSc2nc3ccccc3s2)nnc1SCCN1C(=O)c2ccccc2C1=O. The average Bonchev–Trinajstić information content (AvgIpc) is 3.48. The smallest absolute Gasteiger partial charge is 0.261 e. The van der Waals surface area contributed by atoms with Gasteiger partial charge in [0.1, 0.15) is 5.82 Å². The van der Waals surface area contributed by atoms with Gasteiger partial charge in [-0.2, -0.15) is 0 Å². The van der Waals surface area contributed by atoms with Gasteiger partial charge in [-0.25, -0.2) is 4.98 Å². The van der Waals surface area contributed by atoms with Crippen LogP contribution >= 0.6 is 34.9 Å². The number of hydrogen-bond acceptors (Lipinski definition) is 8. The van der Waals surface area contributed by atoms with E-state index in [1.54, 1.807) is 47.4 Å². The second-order valence-electron chi connectivity index (χ2n) is 7.04. The molecule has 0 bridgehead atoms. The lowest BCUT2D eigenvalue weighted by Crippen LogP contribution is -2.31. The first-order chi connectivity index (χ1) is 15.7. The third-order valence-corrected chi connectivity index (χ3v) is 8.26. The topological polar surface area (TPSA) is 81.0 Å². The van der Waals surface area contributed by atoms with E-state index in [1.807, 2.05) is 18.2 Å². The summed E-state index contributed by atoms with van der Waals surface area (Å²) >= 11 is 4.85. The van der Waals surface area contributed by atoms with Gasteiger partial charge in [0.2, 0.25) is 0 Å². The van der Waals surface area contributed by atoms with Crippen LogP contribution in [0.15, 0.2) is 58.0 Å². The number of imide groups is 1. The molecule has 5 rings (SSSR count). The predicted molar refractivity (Wildman–Crippen MR) is 127 cm³/mol. The second-order valence-corrected chi connectivity index (χ2v) is 10.4. The molecule has 2 aromatic heterocycles. The van der Waals surface area contributed by atoms with E-state index in [9.17, 15) is 9.59 Å². The lowest BCUT2D eigenvalue weighted by Gasteiger charge is -2.13. The van der Waals surface area contributed by atoms with Crippen molar-refractivity contribution in [3.05, 3.63) is 65.5 Å². The molecule has 0 aliphatic carbocycles. The van der Waals surface area contributed by atoms with Crippen LogP contribution < -0.4 is 0 Å². The quantitative estimate of drug-likeness (QED) is 0.269. The van der Waals surface area contributed by atoms with E-state index in [1.165, 1.54) is 21.4 Å². The Morgan fingerprint density at radius 3 is 2.38 bits per heavy atom. The number of carbonyl (C=O) groups excluding carboxylic acids is 2. The summed E-state index contributed by atoms with van der Waals surface area (Å²) in [6.07, 6.45) is 0. The first-order valence-corrected chi connectivity index (χ1v) is 12.9. The number of fused-ring (bicyclic) bond motifs is 2. The minimum Gasteiger partial charge on any atom is -0.306 e. The predicted octanol–water partition coefficient (Wildman–Crippen LogP) is 4.59. The molecule has 0 saturated carbocycles. The van der Waals surface area contributed by atoms with Gasteiger partial charge in [-0.3, -0.25) is 14.5 Å². The van der Waals surface area contributed by atoms with Gasteiger partial charge in [0.25, 0.3) is 11.8 Å². The lowest BCUT2D eigenvalue weighted by molar-refractivity contribution is 0.0664. The van der Waals surface area contributed by atoms with Crippen molar-refractivity contribution in [2.45, 2.75) is 28.7 Å². The fourth-order valence-electron chi connectivity index (χ4n) is 3.56. The zero-order chi connectivity index (χ0) is 22.1. The Hall–Kier alpha value is -2.69. The number of nitrogens with zero attached hydrogens (tertiary/aromatic N) is 5. The summed E-state index contributed by atoms with van der Waals surface area (Å²) in [6.45, 7) is 3.14. The Bertz CT molecular complexity index is 1250. The van der Waals surface area contributed by atoms with Crippen LogP contribution in [0.2, 0.25) is 0 Å². The van der Waals surface area contributed by atoms with E-state index < -0.39 is 0 Å². The fraction of sp³-hybridized carbons (Fsp3) is 0.227. The van der Waals surface area contributed by atoms with E-state index in [0.29, 0.717) is 29.2 Å². The highest BCUT2D eigenvalue weighted by atomic mass is 32.2. The highest BCUT2D eigenvalue weighted by Crippen LogP contribution is 2.32. The number of thiazole rings is 1. The van der Waals surface area contributed by atoms with Crippen LogP contribution in [0.5, 0.6) is 0 Å². The van der Waals surface area contributed by atoms with Gasteiger partial charge in [-0.05, 0) is 31.2 Å². The zero-order valence-electron chi connectivity index (χ0n) is 17.2. The van der Waals surface area contributed by atoms with Gasteiger partial charge in [-0.15, -0.1) is 21.5 Å². The van der Waals surface area contributed by atoms with Gasteiger partial charge in [0.05, 0.1) is 27.1 Å². The van der Waals surface area contributed by atoms with E-state index in [2.05, 4.69) is 32.7 Å². The molecule has 0 fully saturated rings. The van der Waals surface area contributed by atoms with Crippen LogP contribution in [0.4, 0.5) is 0 Å². The summed E-state index contributed by atoms with van der Waals surface area (Å²) in [6, 6.07) is 15.1. The van der Waals surface area contributed by atoms with Crippen molar-refractivity contribution in [2.75, 3.05) is 12.3 Å². The Kier molecular flexibility index (Phi) is 5.99. The number of amides is 2. The maximum absolute atomic E-state index is 12.5. The third kappa shape index (κ3) is 3.94. The Balaban J connectivity index is 1.21. The summed E-state index contributed by atoms with van der Waals surface area (Å²) in [5.74, 6) is 1.68. The Morgan fingerprint density at radius 2 is 1.66 bits per heavy atom. The molecule has 1 aliphatic heterocycles. The molecule has 3 heterocycles. The molecule has 1 aliphatic rings. The number of thioether (sulfide) groups is 2. The van der Waals surface area contributed by atoms with Crippen LogP contribution in [0, 0.1) is 0 Å². The van der Waals surface area contributed by atoms with Gasteiger partial charge in [0, 0.05) is 18.8 Å². The maximum Gasteiger partial charge on any atom is 0.261 e. The summed E-state index contributed by atoms with van der Waals surface area (Å²) in [5.41, 5.74) is 1.98. The maximum atomic E-state index is 12.5. The number of carbonyl (C=O) groups is 2. The number of aromatic nitrogens is 4. The van der Waals surface area contributed by atoms with E-state index in [0.717, 1.165) is 27.4 Å². The molecule has 0 atom stereocenters. The first kappa shape index (κ1) is 21.2. The Labute approximate surface area is 197 Å². The second kappa shape index (κ2) is 9.05. The number of hydrogen-bond donors (Lipinski definition) is 0. The van der Waals surface area contributed by atoms with Crippen molar-refractivity contribution < 1.29 is 9.59 Å². The minimum absolute atomic E-state index is 0.226. The van der Waals surface area contributed by atoms with Crippen molar-refractivity contribution in [2.24, 2.45) is 0 Å². The van der Waals surface area contributed by atoms with E-state index in [-0.39, 0.29) is 11.8 Å². The molecule has 162 valence electrons. The average molecular weight is 482 g/mol. The molecule has 10 heteroatoms. The molecule has 0 unspecified atom stereocenters. The molecule has 32 heavy (non-hydrogen) atoms. The highest BCUT2D eigenvalue weighted by Gasteiger charge is 2.34. The summed E-state index contributed by atoms with van der Waals surface area (Å²) in [4.78, 5) is 31.0. The first-order valence-electron chi connectivity index (χ1n) is 10.1. The van der Waals surface area contributed by atoms with Crippen molar-refractivity contribution in [3.63, 3.8) is 0 Å². The molecule has 2 amide bonds. The van der Waals surface area contributed by atoms with Crippen LogP contribution in [-0.2, 0) is 12.3 Å². The van der Waals surface area contributed by atoms with Crippen molar-refractivity contribution >= 4 is 56.9 Å². The van der Waals surface area contributed by atoms with Gasteiger partial charge >= 0.3 is 0 Å². The zero-order valence-corrected chi connectivity index (χ0v) is 19.7. The number of rotatable bonds is 8. The van der Waals surface area contributed by atoms with Gasteiger partial charge in [-0.1, -0.05) is 47.8 Å². The summed E-state index contributed by atoms with van der Waals surface area (Å²) < 4.78 is 4.26. The van der Waals surface area contributed by atoms with Gasteiger partial charge < -0.3 is 4.57 Å². The summed E-state index contributed by atoms with van der Waals surface area (Å²) in [5, 5.41) is 9.51. The fourth-order valence-corrected chi connectivity index (χ4v) is 6.51. The third-order valence-electron chi connectivity index (χ3n) is 5.13. The molecule has 0 spiro atoms. The molecular formula is C22H19N5O2S3. The standard InChI is InChI=1S/C22H19N5O2S3/c1-2-26-18(13-31-22-23-16-9-5-6-10-17(16)32-22)24-25-21(26)30-12-11-27-19(28)14-7-3-4-8-15(14)20(27)29/h3-10H,2,11-13H2,1H3. The lowest BCUT2D eigenvalue weighted by atomic mass is 10.1. The van der Waals surface area contributed by atoms with Crippen molar-refractivity contribution in [3.8, 4) is 0 Å². The van der Waals surface area contributed by atoms with Crippen molar-refractivity contribution in [1.29, 1.82) is 0 Å². The molecule has 0 N–H and O–H groups in total. The van der Waals surface area contributed by atoms with Crippen LogP contribution in [-0.4, -0.2) is 48.8 Å². The molecular weight excluding hydrogens is 462 g/mol. The number of para-hydroxylation sites is 1. The molecule has 7 nitrogen and oxygen atoms in total. The largest absolute Gasteiger partial charge is 0.306 e. The normalized spacial score (nSPS) is 13.3. The number of benzene rings is 2. The highest BCUT2D eigenvalue weighted by molar-refractivity contribution is 8.00. The van der Waals surface area contributed by atoms with Crippen LogP contribution in [0.25, 0.3) is 10.2 Å². The van der Waals surface area contributed by atoms with E-state index >= 15 is 0 Å². The molecule has 0 saturated heterocycles. The van der Waals surface area contributed by atoms with Crippen LogP contribution in [0.1, 0.15) is 33.5 Å². The molecule has 4 aromatic rings. The summed E-state index contributed by atoms with van der Waals surface area (Å²) in [7, 11) is 0. The Morgan fingerprint density at radius 1 is 0.938 bits per heavy atom. The molecule has 0 radical (unpaired) electrons. The molecule has 2 aromatic carbocycles. The minimum atomic E-state index is -0.226. The van der Waals surface area contributed by atoms with Gasteiger partial charge in [0.15, 0.2) is 9.50 Å². The monoisotopic (exact) mass is 481 g/mol. The van der Waals surface area contributed by atoms with Crippen molar-refractivity contribution in [1.82, 2.24) is 24.6 Å².